The van der Waals surface area contributed by atoms with Crippen LogP contribution in [0.2, 0.25) is 5.02 Å². The quantitative estimate of drug-likeness (QED) is 0.453. The maximum absolute atomic E-state index is 13.3. The molecular weight excluding hydrogens is 440 g/mol. The van der Waals surface area contributed by atoms with Crippen LogP contribution in [0, 0.1) is 0 Å². The number of nitrogens with zero attached hydrogens (tertiary/aromatic N) is 2. The van der Waals surface area contributed by atoms with E-state index in [1.165, 1.54) is 4.31 Å². The predicted molar refractivity (Wildman–Crippen MR) is 121 cm³/mol. The normalized spacial score (nSPS) is 13.7. The molecule has 30 heavy (non-hydrogen) atoms. The third kappa shape index (κ3) is 3.23. The largest absolute Gasteiger partial charge is 0.308 e. The molecule has 8 heteroatoms. The Balaban J connectivity index is 1.53. The number of sulfonamides is 1. The van der Waals surface area contributed by atoms with Crippen LogP contribution < -0.4 is 9.18 Å². The Kier molecular flexibility index (Phi) is 4.69. The minimum absolute atomic E-state index is 0.124. The lowest BCUT2D eigenvalue weighted by molar-refractivity contribution is 0.592. The van der Waals surface area contributed by atoms with Gasteiger partial charge in [-0.25, -0.2) is 8.42 Å². The Morgan fingerprint density at radius 3 is 2.57 bits per heavy atom. The highest BCUT2D eigenvalue weighted by molar-refractivity contribution is 7.92. The molecule has 0 N–H and O–H groups in total. The Bertz CT molecular complexity index is 1420. The molecule has 5 nitrogen and oxygen atoms in total. The molecule has 5 rings (SSSR count). The molecule has 2 heterocycles. The fraction of sp³-hybridized carbons (Fsp3) is 0.136. The van der Waals surface area contributed by atoms with Crippen molar-refractivity contribution in [2.75, 3.05) is 10.8 Å². The molecule has 1 aliphatic rings. The number of halogens is 1. The second-order valence-electron chi connectivity index (χ2n) is 7.17. The van der Waals surface area contributed by atoms with E-state index in [-0.39, 0.29) is 9.77 Å². The number of fused-ring (bicyclic) bond motifs is 2. The number of thiazole rings is 1. The average Bonchev–Trinajstić information content (AvgIpc) is 3.31. The summed E-state index contributed by atoms with van der Waals surface area (Å²) in [4.78, 5) is 12.7. The van der Waals surface area contributed by atoms with Gasteiger partial charge in [0.25, 0.3) is 10.0 Å². The fourth-order valence-corrected chi connectivity index (χ4v) is 6.47. The van der Waals surface area contributed by atoms with Crippen LogP contribution in [0.1, 0.15) is 11.1 Å². The fourth-order valence-electron chi connectivity index (χ4n) is 3.81. The van der Waals surface area contributed by atoms with Crippen molar-refractivity contribution in [1.82, 2.24) is 4.57 Å². The van der Waals surface area contributed by atoms with Gasteiger partial charge in [0, 0.05) is 11.6 Å². The number of rotatable bonds is 4. The second-order valence-corrected chi connectivity index (χ2v) is 10.5. The zero-order chi connectivity index (χ0) is 20.9. The molecule has 4 aromatic rings. The van der Waals surface area contributed by atoms with Gasteiger partial charge in [0.05, 0.1) is 27.3 Å². The molecule has 1 aliphatic heterocycles. The molecule has 152 valence electrons. The van der Waals surface area contributed by atoms with Gasteiger partial charge < -0.3 is 0 Å². The molecule has 0 unspecified atom stereocenters. The van der Waals surface area contributed by atoms with E-state index in [1.54, 1.807) is 34.9 Å². The highest BCUT2D eigenvalue weighted by atomic mass is 35.5. The molecule has 0 saturated carbocycles. The Morgan fingerprint density at radius 2 is 1.77 bits per heavy atom. The van der Waals surface area contributed by atoms with Gasteiger partial charge in [0.15, 0.2) is 0 Å². The predicted octanol–water partition coefficient (Wildman–Crippen LogP) is 4.52. The van der Waals surface area contributed by atoms with Gasteiger partial charge in [-0.15, -0.1) is 0 Å². The van der Waals surface area contributed by atoms with Crippen molar-refractivity contribution in [3.05, 3.63) is 92.5 Å². The van der Waals surface area contributed by atoms with Crippen molar-refractivity contribution in [2.24, 2.45) is 0 Å². The Morgan fingerprint density at radius 1 is 1.00 bits per heavy atom. The number of hydrogen-bond acceptors (Lipinski definition) is 4. The monoisotopic (exact) mass is 456 g/mol. The van der Waals surface area contributed by atoms with Gasteiger partial charge in [-0.1, -0.05) is 53.3 Å². The number of anilines is 1. The summed E-state index contributed by atoms with van der Waals surface area (Å²) in [6.07, 6.45) is 0.697. The molecule has 0 bridgehead atoms. The first-order chi connectivity index (χ1) is 14.4. The standard InChI is InChI=1S/C22H17ClN2O3S2/c23-17-7-5-15(6-8-17)14-24-20-10-9-18(13-21(20)29-22(24)26)30(27,28)25-12-11-16-3-1-2-4-19(16)25/h1-10,13H,11-12,14H2. The van der Waals surface area contributed by atoms with E-state index in [9.17, 15) is 13.2 Å². The summed E-state index contributed by atoms with van der Waals surface area (Å²) >= 11 is 7.00. The van der Waals surface area contributed by atoms with E-state index in [0.717, 1.165) is 33.7 Å². The van der Waals surface area contributed by atoms with E-state index < -0.39 is 10.0 Å². The van der Waals surface area contributed by atoms with Gasteiger partial charge in [-0.05, 0) is 53.9 Å². The van der Waals surface area contributed by atoms with E-state index >= 15 is 0 Å². The Labute approximate surface area is 182 Å². The van der Waals surface area contributed by atoms with Crippen LogP contribution >= 0.6 is 22.9 Å². The molecule has 0 aliphatic carbocycles. The molecule has 0 fully saturated rings. The van der Waals surface area contributed by atoms with Crippen molar-refractivity contribution >= 4 is 48.9 Å². The summed E-state index contributed by atoms with van der Waals surface area (Å²) in [7, 11) is -3.70. The highest BCUT2D eigenvalue weighted by Gasteiger charge is 2.31. The molecule has 0 amide bonds. The van der Waals surface area contributed by atoms with Crippen LogP contribution in [0.4, 0.5) is 5.69 Å². The molecule has 1 aromatic heterocycles. The minimum atomic E-state index is -3.70. The summed E-state index contributed by atoms with van der Waals surface area (Å²) < 4.78 is 30.3. The van der Waals surface area contributed by atoms with Crippen molar-refractivity contribution in [2.45, 2.75) is 17.9 Å². The van der Waals surface area contributed by atoms with Crippen LogP contribution in [0.5, 0.6) is 0 Å². The van der Waals surface area contributed by atoms with Crippen molar-refractivity contribution in [3.63, 3.8) is 0 Å². The van der Waals surface area contributed by atoms with Crippen LogP contribution in [-0.4, -0.2) is 19.5 Å². The highest BCUT2D eigenvalue weighted by Crippen LogP contribution is 2.33. The van der Waals surface area contributed by atoms with E-state index in [4.69, 9.17) is 11.6 Å². The van der Waals surface area contributed by atoms with Gasteiger partial charge in [0.1, 0.15) is 0 Å². The van der Waals surface area contributed by atoms with Crippen LogP contribution in [0.15, 0.2) is 76.4 Å². The molecule has 3 aromatic carbocycles. The van der Waals surface area contributed by atoms with Crippen molar-refractivity contribution in [1.29, 1.82) is 0 Å². The topological polar surface area (TPSA) is 59.4 Å². The zero-order valence-corrected chi connectivity index (χ0v) is 18.2. The van der Waals surface area contributed by atoms with Crippen LogP contribution in [0.3, 0.4) is 0 Å². The van der Waals surface area contributed by atoms with Crippen LogP contribution in [-0.2, 0) is 23.0 Å². The first-order valence-electron chi connectivity index (χ1n) is 9.42. The third-order valence-corrected chi connectivity index (χ3v) is 8.33. The number of hydrogen-bond donors (Lipinski definition) is 0. The summed E-state index contributed by atoms with van der Waals surface area (Å²) in [5.74, 6) is 0. The lowest BCUT2D eigenvalue weighted by atomic mass is 10.2. The lowest BCUT2D eigenvalue weighted by Crippen LogP contribution is -2.29. The van der Waals surface area contributed by atoms with E-state index in [2.05, 4.69) is 0 Å². The van der Waals surface area contributed by atoms with Gasteiger partial charge in [-0.3, -0.25) is 13.7 Å². The number of para-hydroxylation sites is 1. The summed E-state index contributed by atoms with van der Waals surface area (Å²) in [5, 5.41) is 0.639. The van der Waals surface area contributed by atoms with E-state index in [1.807, 2.05) is 36.4 Å². The molecule has 0 atom stereocenters. The van der Waals surface area contributed by atoms with Crippen LogP contribution in [0.25, 0.3) is 10.2 Å². The van der Waals surface area contributed by atoms with Gasteiger partial charge >= 0.3 is 4.87 Å². The van der Waals surface area contributed by atoms with Crippen molar-refractivity contribution < 1.29 is 8.42 Å². The number of benzene rings is 3. The molecular formula is C22H17ClN2O3S2. The zero-order valence-electron chi connectivity index (χ0n) is 15.8. The molecule has 0 radical (unpaired) electrons. The SMILES string of the molecule is O=c1sc2cc(S(=O)(=O)N3CCc4ccccc43)ccc2n1Cc1ccc(Cl)cc1. The minimum Gasteiger partial charge on any atom is -0.294 e. The van der Waals surface area contributed by atoms with Gasteiger partial charge in [-0.2, -0.15) is 0 Å². The van der Waals surface area contributed by atoms with Crippen molar-refractivity contribution in [3.8, 4) is 0 Å². The number of aromatic nitrogens is 1. The first-order valence-corrected chi connectivity index (χ1v) is 12.1. The lowest BCUT2D eigenvalue weighted by Gasteiger charge is -2.19. The Hall–Kier alpha value is -2.61. The maximum atomic E-state index is 13.3. The smallest absolute Gasteiger partial charge is 0.294 e. The maximum Gasteiger partial charge on any atom is 0.308 e. The third-order valence-electron chi connectivity index (χ3n) is 5.33. The van der Waals surface area contributed by atoms with E-state index in [0.29, 0.717) is 29.2 Å². The summed E-state index contributed by atoms with van der Waals surface area (Å²) in [6, 6.07) is 19.8. The van der Waals surface area contributed by atoms with Gasteiger partial charge in [0.2, 0.25) is 0 Å². The summed E-state index contributed by atoms with van der Waals surface area (Å²) in [6.45, 7) is 0.829. The first kappa shape index (κ1) is 19.4. The molecule has 0 saturated heterocycles. The summed E-state index contributed by atoms with van der Waals surface area (Å²) in [5.41, 5.74) is 3.43. The second kappa shape index (κ2) is 7.27. The molecule has 0 spiro atoms. The average molecular weight is 457 g/mol.